The summed E-state index contributed by atoms with van der Waals surface area (Å²) in [6.07, 6.45) is -15.8. The number of alkyl halides is 6. The Bertz CT molecular complexity index is 508. The Hall–Kier alpha value is -1.07. The van der Waals surface area contributed by atoms with E-state index in [9.17, 15) is 35.9 Å². The van der Waals surface area contributed by atoms with Crippen LogP contribution >= 0.6 is 0 Å². The summed E-state index contributed by atoms with van der Waals surface area (Å²) in [7, 11) is -5.20. The van der Waals surface area contributed by atoms with Gasteiger partial charge >= 0.3 is 18.3 Å². The van der Waals surface area contributed by atoms with E-state index < -0.39 is 46.1 Å². The molecule has 11 heteroatoms. The van der Waals surface area contributed by atoms with Crippen LogP contribution in [0.15, 0.2) is 5.20 Å². The zero-order valence-electron chi connectivity index (χ0n) is 14.1. The molecule has 0 aromatic carbocycles. The molecule has 140 valence electrons. The molecule has 0 saturated carbocycles. The number of esters is 1. The van der Waals surface area contributed by atoms with Crippen LogP contribution in [0.2, 0.25) is 44.8 Å². The van der Waals surface area contributed by atoms with Gasteiger partial charge < -0.3 is 4.74 Å². The Kier molecular flexibility index (Phi) is 6.73. The summed E-state index contributed by atoms with van der Waals surface area (Å²) < 4.78 is 79.4. The van der Waals surface area contributed by atoms with Crippen molar-refractivity contribution >= 4 is 28.1 Å². The van der Waals surface area contributed by atoms with E-state index >= 15 is 0 Å². The fourth-order valence-electron chi connectivity index (χ4n) is 2.05. The van der Waals surface area contributed by atoms with Crippen molar-refractivity contribution in [2.75, 3.05) is 0 Å². The lowest BCUT2D eigenvalue weighted by Gasteiger charge is -2.34. The molecular weight excluding hydrogens is 374 g/mol. The Morgan fingerprint density at radius 3 is 1.50 bits per heavy atom. The molecule has 0 aliphatic carbocycles. The smallest absolute Gasteiger partial charge is 0.434 e. The van der Waals surface area contributed by atoms with Gasteiger partial charge in [0.15, 0.2) is 0 Å². The van der Waals surface area contributed by atoms with Crippen molar-refractivity contribution in [2.24, 2.45) is 0 Å². The highest BCUT2D eigenvalue weighted by Gasteiger charge is 2.60. The van der Waals surface area contributed by atoms with Gasteiger partial charge in [-0.1, -0.05) is 39.3 Å². The van der Waals surface area contributed by atoms with E-state index in [2.05, 4.69) is 4.74 Å². The van der Waals surface area contributed by atoms with Crippen LogP contribution in [-0.2, 0) is 14.3 Å². The van der Waals surface area contributed by atoms with E-state index in [1.165, 1.54) is 0 Å². The normalized spacial score (nSPS) is 15.0. The molecule has 0 radical (unpaired) electrons. The van der Waals surface area contributed by atoms with Crippen molar-refractivity contribution in [1.29, 1.82) is 0 Å². The Morgan fingerprint density at radius 2 is 1.29 bits per heavy atom. The number of rotatable bonds is 5. The molecule has 1 unspecified atom stereocenters. The third-order valence-electron chi connectivity index (χ3n) is 3.14. The van der Waals surface area contributed by atoms with E-state index in [1.54, 1.807) is 45.2 Å². The lowest BCUT2D eigenvalue weighted by Crippen LogP contribution is -2.49. The van der Waals surface area contributed by atoms with Crippen molar-refractivity contribution in [1.82, 2.24) is 0 Å². The minimum Gasteiger partial charge on any atom is -0.442 e. The lowest BCUT2D eigenvalue weighted by molar-refractivity contribution is -0.313. The van der Waals surface area contributed by atoms with Crippen LogP contribution in [0.4, 0.5) is 26.3 Å². The Morgan fingerprint density at radius 1 is 0.917 bits per heavy atom. The summed E-state index contributed by atoms with van der Waals surface area (Å²) >= 11 is 0. The van der Waals surface area contributed by atoms with E-state index in [1.807, 2.05) is 0 Å². The summed E-state index contributed by atoms with van der Waals surface area (Å²) in [5.74, 6) is -0.0916. The third-order valence-corrected chi connectivity index (χ3v) is 7.69. The predicted octanol–water partition coefficient (Wildman–Crippen LogP) is 4.37. The van der Waals surface area contributed by atoms with E-state index in [0.29, 0.717) is 0 Å². The predicted molar refractivity (Wildman–Crippen MR) is 81.6 cm³/mol. The fourth-order valence-corrected chi connectivity index (χ4v) is 7.64. The molecule has 0 heterocycles. The SMILES string of the molecule is C[Si](C)(C)C(=C=O)C(C(=O)OC(C(F)(F)F)C(F)(F)F)[Si](C)(C)C. The number of ether oxygens (including phenoxy) is 1. The summed E-state index contributed by atoms with van der Waals surface area (Å²) in [5, 5.41) is -0.0604. The summed E-state index contributed by atoms with van der Waals surface area (Å²) in [6.45, 7) is 9.64. The summed E-state index contributed by atoms with van der Waals surface area (Å²) in [5.41, 5.74) is -1.41. The van der Waals surface area contributed by atoms with Gasteiger partial charge in [0.2, 0.25) is 0 Å². The lowest BCUT2D eigenvalue weighted by atomic mass is 10.3. The van der Waals surface area contributed by atoms with Crippen LogP contribution < -0.4 is 0 Å². The molecule has 1 atom stereocenters. The van der Waals surface area contributed by atoms with E-state index in [4.69, 9.17) is 0 Å². The molecule has 0 aliphatic heterocycles. The Balaban J connectivity index is 5.95. The Labute approximate surface area is 138 Å². The first-order chi connectivity index (χ1) is 10.3. The molecule has 0 amide bonds. The largest absolute Gasteiger partial charge is 0.442 e. The van der Waals surface area contributed by atoms with Crippen LogP contribution in [0, 0.1) is 0 Å². The molecule has 3 nitrogen and oxygen atoms in total. The first-order valence-corrected chi connectivity index (χ1v) is 14.0. The van der Waals surface area contributed by atoms with Crippen LogP contribution in [0.5, 0.6) is 0 Å². The molecule has 0 aromatic heterocycles. The first-order valence-electron chi connectivity index (χ1n) is 6.93. The maximum atomic E-state index is 12.6. The molecule has 0 rings (SSSR count). The second-order valence-electron chi connectivity index (χ2n) is 7.46. The van der Waals surface area contributed by atoms with Crippen molar-refractivity contribution in [3.63, 3.8) is 0 Å². The van der Waals surface area contributed by atoms with Crippen molar-refractivity contribution in [2.45, 2.75) is 63.3 Å². The minimum absolute atomic E-state index is 0.0604. The number of hydrogen-bond donors (Lipinski definition) is 0. The molecule has 0 saturated heterocycles. The maximum Gasteiger partial charge on any atom is 0.434 e. The van der Waals surface area contributed by atoms with Crippen LogP contribution in [0.1, 0.15) is 0 Å². The molecule has 0 bridgehead atoms. The summed E-state index contributed by atoms with van der Waals surface area (Å²) in [6, 6.07) is 0. The van der Waals surface area contributed by atoms with Gasteiger partial charge in [0, 0.05) is 5.20 Å². The molecule has 0 aliphatic rings. The van der Waals surface area contributed by atoms with Crippen LogP contribution in [0.3, 0.4) is 0 Å². The zero-order valence-corrected chi connectivity index (χ0v) is 16.1. The second kappa shape index (κ2) is 7.05. The zero-order chi connectivity index (χ0) is 19.7. The molecule has 24 heavy (non-hydrogen) atoms. The number of hydrogen-bond acceptors (Lipinski definition) is 3. The minimum atomic E-state index is -5.79. The standard InChI is InChI=1S/C13H20F6O3Si2/c1-23(2,3)8(7-20)9(24(4,5)6)10(21)22-11(12(14,15)16)13(17,18)19/h9,11H,1-6H3. The van der Waals surface area contributed by atoms with Gasteiger partial charge in [-0.15, -0.1) is 0 Å². The number of halogens is 6. The van der Waals surface area contributed by atoms with Gasteiger partial charge in [-0.3, -0.25) is 4.79 Å². The molecule has 0 spiro atoms. The number of carbonyl (C=O) groups excluding carboxylic acids is 2. The fraction of sp³-hybridized carbons (Fsp3) is 0.769. The van der Waals surface area contributed by atoms with Crippen LogP contribution in [-0.4, -0.2) is 46.5 Å². The molecule has 0 fully saturated rings. The third kappa shape index (κ3) is 6.10. The van der Waals surface area contributed by atoms with Gasteiger partial charge in [0.1, 0.15) is 5.94 Å². The molecular formula is C13H20F6O3Si2. The average Bonchev–Trinajstić information content (AvgIpc) is 2.26. The van der Waals surface area contributed by atoms with Gasteiger partial charge in [-0.05, 0) is 0 Å². The van der Waals surface area contributed by atoms with Gasteiger partial charge in [-0.25, -0.2) is 4.79 Å². The van der Waals surface area contributed by atoms with Crippen molar-refractivity contribution in [3.8, 4) is 0 Å². The van der Waals surface area contributed by atoms with Crippen LogP contribution in [0.25, 0.3) is 0 Å². The monoisotopic (exact) mass is 394 g/mol. The second-order valence-corrected chi connectivity index (χ2v) is 17.8. The van der Waals surface area contributed by atoms with Gasteiger partial charge in [0.05, 0.1) is 21.7 Å². The first kappa shape index (κ1) is 22.9. The highest BCUT2D eigenvalue weighted by Crippen LogP contribution is 2.40. The highest BCUT2D eigenvalue weighted by molar-refractivity contribution is 6.90. The maximum absolute atomic E-state index is 12.6. The molecule has 0 aromatic rings. The van der Waals surface area contributed by atoms with Gasteiger partial charge in [-0.2, -0.15) is 26.3 Å². The number of carbonyl (C=O) groups is 1. The van der Waals surface area contributed by atoms with Gasteiger partial charge in [0.25, 0.3) is 6.10 Å². The summed E-state index contributed by atoms with van der Waals surface area (Å²) in [4.78, 5) is 23.4. The highest BCUT2D eigenvalue weighted by atomic mass is 28.3. The van der Waals surface area contributed by atoms with Crippen molar-refractivity contribution in [3.05, 3.63) is 5.20 Å². The van der Waals surface area contributed by atoms with E-state index in [-0.39, 0.29) is 5.20 Å². The van der Waals surface area contributed by atoms with E-state index in [0.717, 1.165) is 0 Å². The average molecular weight is 394 g/mol. The van der Waals surface area contributed by atoms with Crippen molar-refractivity contribution < 1.29 is 40.7 Å². The topological polar surface area (TPSA) is 43.4 Å². The quantitative estimate of drug-likeness (QED) is 0.301. The molecule has 0 N–H and O–H groups in total.